The smallest absolute Gasteiger partial charge is 0.274 e. The van der Waals surface area contributed by atoms with Gasteiger partial charge < -0.3 is 5.32 Å². The van der Waals surface area contributed by atoms with Crippen molar-refractivity contribution in [2.24, 2.45) is 0 Å². The van der Waals surface area contributed by atoms with Crippen LogP contribution in [-0.4, -0.2) is 37.1 Å². The van der Waals surface area contributed by atoms with Crippen LogP contribution < -0.4 is 10.9 Å². The first-order valence-electron chi connectivity index (χ1n) is 9.83. The van der Waals surface area contributed by atoms with E-state index in [1.54, 1.807) is 6.07 Å². The lowest BCUT2D eigenvalue weighted by Crippen LogP contribution is -2.39. The first-order valence-corrected chi connectivity index (χ1v) is 10.2. The van der Waals surface area contributed by atoms with E-state index in [0.29, 0.717) is 35.9 Å². The van der Waals surface area contributed by atoms with Crippen molar-refractivity contribution in [2.45, 2.75) is 51.7 Å². The molecule has 1 aliphatic rings. The monoisotopic (exact) mass is 400 g/mol. The Labute approximate surface area is 168 Å². The maximum Gasteiger partial charge on any atom is 0.274 e. The molecule has 1 saturated heterocycles. The number of halogens is 1. The third-order valence-corrected chi connectivity index (χ3v) is 5.59. The molecule has 2 aromatic heterocycles. The zero-order valence-electron chi connectivity index (χ0n) is 16.0. The normalized spacial score (nSPS) is 17.9. The zero-order valence-corrected chi connectivity index (χ0v) is 16.7. The van der Waals surface area contributed by atoms with Gasteiger partial charge in [0, 0.05) is 30.2 Å². The van der Waals surface area contributed by atoms with E-state index in [4.69, 9.17) is 11.6 Å². The lowest BCUT2D eigenvalue weighted by Gasteiger charge is -2.34. The van der Waals surface area contributed by atoms with Crippen molar-refractivity contribution >= 4 is 23.3 Å². The Bertz CT molecular complexity index is 996. The van der Waals surface area contributed by atoms with Crippen LogP contribution in [0.4, 0.5) is 5.95 Å². The number of piperidine rings is 1. The minimum Gasteiger partial charge on any atom is -0.351 e. The average Bonchev–Trinajstić information content (AvgIpc) is 3.12. The molecule has 3 aromatic rings. The quantitative estimate of drug-likeness (QED) is 0.662. The minimum absolute atomic E-state index is 0.142. The number of anilines is 1. The van der Waals surface area contributed by atoms with Gasteiger partial charge in [0.05, 0.1) is 5.69 Å². The molecule has 0 saturated carbocycles. The summed E-state index contributed by atoms with van der Waals surface area (Å²) in [5.74, 6) is 0.910. The number of aromatic nitrogens is 4. The van der Waals surface area contributed by atoms with Crippen molar-refractivity contribution in [1.82, 2.24) is 24.5 Å². The van der Waals surface area contributed by atoms with Crippen LogP contribution in [0.5, 0.6) is 0 Å². The number of hydrogen-bond acceptors (Lipinski definition) is 5. The Balaban J connectivity index is 1.50. The van der Waals surface area contributed by atoms with E-state index in [1.165, 1.54) is 23.8 Å². The van der Waals surface area contributed by atoms with Crippen molar-refractivity contribution < 1.29 is 0 Å². The van der Waals surface area contributed by atoms with Gasteiger partial charge in [-0.2, -0.15) is 9.50 Å². The number of aromatic amines is 1. The fourth-order valence-electron chi connectivity index (χ4n) is 3.81. The van der Waals surface area contributed by atoms with Gasteiger partial charge in [-0.3, -0.25) is 14.8 Å². The number of rotatable bonds is 6. The molecule has 1 fully saturated rings. The highest BCUT2D eigenvalue weighted by molar-refractivity contribution is 6.30. The summed E-state index contributed by atoms with van der Waals surface area (Å²) < 4.78 is 1.38. The lowest BCUT2D eigenvalue weighted by atomic mass is 10.00. The SMILES string of the molecule is CC[C@@H]1CCCCN1Cc1cc(=O)n2[nH]c(NCc3ccc(Cl)cc3)nc2n1. The predicted molar refractivity (Wildman–Crippen MR) is 111 cm³/mol. The van der Waals surface area contributed by atoms with Gasteiger partial charge in [0.1, 0.15) is 0 Å². The third kappa shape index (κ3) is 4.20. The Morgan fingerprint density at radius 2 is 2.07 bits per heavy atom. The number of hydrogen-bond donors (Lipinski definition) is 2. The molecule has 1 atom stereocenters. The first kappa shape index (κ1) is 19.0. The van der Waals surface area contributed by atoms with Gasteiger partial charge in [0.15, 0.2) is 0 Å². The highest BCUT2D eigenvalue weighted by Gasteiger charge is 2.21. The molecule has 2 N–H and O–H groups in total. The molecule has 8 heteroatoms. The topological polar surface area (TPSA) is 78.3 Å². The van der Waals surface area contributed by atoms with E-state index in [2.05, 4.69) is 32.2 Å². The number of nitrogens with one attached hydrogen (secondary N) is 2. The second kappa shape index (κ2) is 8.32. The van der Waals surface area contributed by atoms with Gasteiger partial charge >= 0.3 is 0 Å². The largest absolute Gasteiger partial charge is 0.351 e. The molecule has 1 aliphatic heterocycles. The van der Waals surface area contributed by atoms with Crippen LogP contribution in [0.2, 0.25) is 5.02 Å². The van der Waals surface area contributed by atoms with Crippen molar-refractivity contribution in [3.8, 4) is 0 Å². The molecule has 1 aromatic carbocycles. The molecule has 4 rings (SSSR count). The third-order valence-electron chi connectivity index (χ3n) is 5.34. The first-order chi connectivity index (χ1) is 13.6. The summed E-state index contributed by atoms with van der Waals surface area (Å²) in [6.45, 7) is 4.56. The molecular formula is C20H25ClN6O. The van der Waals surface area contributed by atoms with E-state index >= 15 is 0 Å². The Hall–Kier alpha value is -2.38. The predicted octanol–water partition coefficient (Wildman–Crippen LogP) is 3.45. The van der Waals surface area contributed by atoms with Crippen LogP contribution in [0.25, 0.3) is 5.78 Å². The number of fused-ring (bicyclic) bond motifs is 1. The summed E-state index contributed by atoms with van der Waals surface area (Å²) in [6, 6.07) is 9.77. The van der Waals surface area contributed by atoms with Crippen LogP contribution in [0.1, 0.15) is 43.9 Å². The molecule has 148 valence electrons. The van der Waals surface area contributed by atoms with Crippen molar-refractivity contribution in [2.75, 3.05) is 11.9 Å². The average molecular weight is 401 g/mol. The Kier molecular flexibility index (Phi) is 5.64. The van der Waals surface area contributed by atoms with Crippen molar-refractivity contribution in [1.29, 1.82) is 0 Å². The van der Waals surface area contributed by atoms with Gasteiger partial charge in [-0.25, -0.2) is 4.98 Å². The van der Waals surface area contributed by atoms with Crippen LogP contribution >= 0.6 is 11.6 Å². The molecule has 0 unspecified atom stereocenters. The fraction of sp³-hybridized carbons (Fsp3) is 0.450. The standard InChI is InChI=1S/C20H25ClN6O/c1-2-17-5-3-4-10-26(17)13-16-11-18(28)27-20(23-16)24-19(25-27)22-12-14-6-8-15(21)9-7-14/h6-9,11,17H,2-5,10,12-13H2,1H3,(H2,22,23,24,25)/t17-/m1/s1. The van der Waals surface area contributed by atoms with Gasteiger partial charge in [0.2, 0.25) is 5.95 Å². The minimum atomic E-state index is -0.142. The van der Waals surface area contributed by atoms with Gasteiger partial charge in [-0.1, -0.05) is 37.1 Å². The molecule has 0 amide bonds. The van der Waals surface area contributed by atoms with E-state index in [1.807, 2.05) is 24.3 Å². The van der Waals surface area contributed by atoms with E-state index in [0.717, 1.165) is 24.2 Å². The molecule has 0 radical (unpaired) electrons. The second-order valence-electron chi connectivity index (χ2n) is 7.30. The molecule has 0 aliphatic carbocycles. The highest BCUT2D eigenvalue weighted by Crippen LogP contribution is 2.21. The molecule has 7 nitrogen and oxygen atoms in total. The summed E-state index contributed by atoms with van der Waals surface area (Å²) in [5.41, 5.74) is 1.71. The van der Waals surface area contributed by atoms with Crippen molar-refractivity contribution in [3.63, 3.8) is 0 Å². The maximum atomic E-state index is 12.5. The maximum absolute atomic E-state index is 12.5. The summed E-state index contributed by atoms with van der Waals surface area (Å²) in [5, 5.41) is 6.87. The van der Waals surface area contributed by atoms with E-state index in [9.17, 15) is 4.79 Å². The van der Waals surface area contributed by atoms with Gasteiger partial charge in [-0.15, -0.1) is 0 Å². The summed E-state index contributed by atoms with van der Waals surface area (Å²) in [7, 11) is 0. The van der Waals surface area contributed by atoms with Crippen LogP contribution in [0, 0.1) is 0 Å². The number of nitrogens with zero attached hydrogens (tertiary/aromatic N) is 4. The summed E-state index contributed by atoms with van der Waals surface area (Å²) in [4.78, 5) is 24.0. The van der Waals surface area contributed by atoms with Crippen molar-refractivity contribution in [3.05, 3.63) is 57.0 Å². The molecule has 3 heterocycles. The van der Waals surface area contributed by atoms with Crippen LogP contribution in [0.3, 0.4) is 0 Å². The summed E-state index contributed by atoms with van der Waals surface area (Å²) in [6.07, 6.45) is 4.84. The Morgan fingerprint density at radius 1 is 1.25 bits per heavy atom. The van der Waals surface area contributed by atoms with Crippen LogP contribution in [-0.2, 0) is 13.1 Å². The fourth-order valence-corrected chi connectivity index (χ4v) is 3.94. The molecule has 0 spiro atoms. The summed E-state index contributed by atoms with van der Waals surface area (Å²) >= 11 is 5.91. The molecule has 0 bridgehead atoms. The number of H-pyrrole nitrogens is 1. The highest BCUT2D eigenvalue weighted by atomic mass is 35.5. The Morgan fingerprint density at radius 3 is 2.86 bits per heavy atom. The van der Waals surface area contributed by atoms with Crippen LogP contribution in [0.15, 0.2) is 35.1 Å². The van der Waals surface area contributed by atoms with Gasteiger partial charge in [0.25, 0.3) is 11.3 Å². The second-order valence-corrected chi connectivity index (χ2v) is 7.74. The van der Waals surface area contributed by atoms with E-state index < -0.39 is 0 Å². The van der Waals surface area contributed by atoms with E-state index in [-0.39, 0.29) is 5.56 Å². The molecular weight excluding hydrogens is 376 g/mol. The zero-order chi connectivity index (χ0) is 19.5. The molecule has 28 heavy (non-hydrogen) atoms. The number of likely N-dealkylation sites (tertiary alicyclic amines) is 1. The lowest BCUT2D eigenvalue weighted by molar-refractivity contribution is 0.134. The van der Waals surface area contributed by atoms with Gasteiger partial charge in [-0.05, 0) is 43.5 Å². The number of benzene rings is 1.